The minimum Gasteiger partial charge on any atom is -0.478 e. The highest BCUT2D eigenvalue weighted by molar-refractivity contribution is 7.89. The lowest BCUT2D eigenvalue weighted by Crippen LogP contribution is -2.51. The van der Waals surface area contributed by atoms with Gasteiger partial charge in [-0.05, 0) is 19.9 Å². The predicted octanol–water partition coefficient (Wildman–Crippen LogP) is 0.324. The third kappa shape index (κ3) is 3.60. The van der Waals surface area contributed by atoms with Crippen molar-refractivity contribution >= 4 is 21.9 Å². The maximum Gasteiger partial charge on any atom is 0.340 e. The van der Waals surface area contributed by atoms with Gasteiger partial charge in [-0.2, -0.15) is 9.40 Å². The number of carboxylic acid groups (broad SMARTS) is 1. The predicted molar refractivity (Wildman–Crippen MR) is 92.7 cm³/mol. The molecule has 0 atom stereocenters. The van der Waals surface area contributed by atoms with Crippen LogP contribution in [0.5, 0.6) is 0 Å². The molecule has 2 aromatic heterocycles. The SMILES string of the molecule is Cc1oc(C)c(S(=O)(=O)N2CCN(C(=O)Cn3cccn3)CC2)c1C(=O)O. The third-order valence-electron chi connectivity index (χ3n) is 4.46. The van der Waals surface area contributed by atoms with Gasteiger partial charge in [0.2, 0.25) is 15.9 Å². The van der Waals surface area contributed by atoms with Crippen LogP contribution in [0.2, 0.25) is 0 Å². The van der Waals surface area contributed by atoms with Gasteiger partial charge in [0, 0.05) is 38.6 Å². The van der Waals surface area contributed by atoms with Crippen molar-refractivity contribution in [2.45, 2.75) is 25.3 Å². The van der Waals surface area contributed by atoms with E-state index in [0.29, 0.717) is 0 Å². The molecule has 0 saturated carbocycles. The molecule has 0 aromatic carbocycles. The quantitative estimate of drug-likeness (QED) is 0.771. The monoisotopic (exact) mass is 396 g/mol. The molecule has 1 aliphatic heterocycles. The molecule has 3 heterocycles. The second-order valence-electron chi connectivity index (χ2n) is 6.21. The van der Waals surface area contributed by atoms with Crippen LogP contribution in [0.25, 0.3) is 0 Å². The molecule has 146 valence electrons. The largest absolute Gasteiger partial charge is 0.478 e. The fraction of sp³-hybridized carbons (Fsp3) is 0.438. The van der Waals surface area contributed by atoms with Crippen LogP contribution in [0.3, 0.4) is 0 Å². The first-order chi connectivity index (χ1) is 12.7. The lowest BCUT2D eigenvalue weighted by molar-refractivity contribution is -0.133. The van der Waals surface area contributed by atoms with E-state index in [4.69, 9.17) is 4.42 Å². The Bertz CT molecular complexity index is 955. The number of aromatic carboxylic acids is 1. The van der Waals surface area contributed by atoms with E-state index in [2.05, 4.69) is 5.10 Å². The Balaban J connectivity index is 1.74. The lowest BCUT2D eigenvalue weighted by atomic mass is 10.2. The van der Waals surface area contributed by atoms with Gasteiger partial charge in [-0.3, -0.25) is 9.48 Å². The highest BCUT2D eigenvalue weighted by Crippen LogP contribution is 2.29. The summed E-state index contributed by atoms with van der Waals surface area (Å²) in [4.78, 5) is 25.0. The van der Waals surface area contributed by atoms with Crippen molar-refractivity contribution in [1.29, 1.82) is 0 Å². The summed E-state index contributed by atoms with van der Waals surface area (Å²) in [6.45, 7) is 3.53. The number of hydrogen-bond donors (Lipinski definition) is 1. The van der Waals surface area contributed by atoms with E-state index in [1.807, 2.05) is 0 Å². The lowest BCUT2D eigenvalue weighted by Gasteiger charge is -2.34. The van der Waals surface area contributed by atoms with E-state index < -0.39 is 16.0 Å². The molecule has 10 nitrogen and oxygen atoms in total. The molecule has 1 fully saturated rings. The minimum atomic E-state index is -4.04. The molecule has 1 N–H and O–H groups in total. The molecule has 27 heavy (non-hydrogen) atoms. The Morgan fingerprint density at radius 1 is 1.19 bits per heavy atom. The molecule has 0 bridgehead atoms. The maximum absolute atomic E-state index is 13.0. The van der Waals surface area contributed by atoms with Crippen LogP contribution in [-0.2, 0) is 21.4 Å². The van der Waals surface area contributed by atoms with Crippen molar-refractivity contribution in [2.75, 3.05) is 26.2 Å². The molecular formula is C16H20N4O6S. The summed E-state index contributed by atoms with van der Waals surface area (Å²) in [5, 5.41) is 13.3. The number of aromatic nitrogens is 2. The van der Waals surface area contributed by atoms with Gasteiger partial charge in [0.25, 0.3) is 0 Å². The van der Waals surface area contributed by atoms with Crippen molar-refractivity contribution < 1.29 is 27.5 Å². The Kier molecular flexibility index (Phi) is 5.07. The number of carbonyl (C=O) groups excluding carboxylic acids is 1. The van der Waals surface area contributed by atoms with Crippen LogP contribution in [0, 0.1) is 13.8 Å². The van der Waals surface area contributed by atoms with Crippen LogP contribution in [0.4, 0.5) is 0 Å². The van der Waals surface area contributed by atoms with E-state index in [0.717, 1.165) is 0 Å². The minimum absolute atomic E-state index is 0.0436. The molecule has 2 aromatic rings. The standard InChI is InChI=1S/C16H20N4O6S/c1-11-14(16(22)23)15(12(2)26-11)27(24,25)20-8-6-18(7-9-20)13(21)10-19-5-3-4-17-19/h3-5H,6-10H2,1-2H3,(H,22,23). The van der Waals surface area contributed by atoms with Crippen molar-refractivity contribution in [1.82, 2.24) is 19.0 Å². The Labute approximate surface area is 156 Å². The van der Waals surface area contributed by atoms with E-state index in [-0.39, 0.29) is 60.6 Å². The van der Waals surface area contributed by atoms with E-state index in [1.54, 1.807) is 23.4 Å². The van der Waals surface area contributed by atoms with Crippen LogP contribution >= 0.6 is 0 Å². The molecule has 3 rings (SSSR count). The zero-order valence-corrected chi connectivity index (χ0v) is 15.8. The molecule has 1 saturated heterocycles. The van der Waals surface area contributed by atoms with Crippen LogP contribution < -0.4 is 0 Å². The molecule has 0 radical (unpaired) electrons. The highest BCUT2D eigenvalue weighted by atomic mass is 32.2. The fourth-order valence-corrected chi connectivity index (χ4v) is 4.96. The second-order valence-corrected chi connectivity index (χ2v) is 8.09. The van der Waals surface area contributed by atoms with Gasteiger partial charge < -0.3 is 14.4 Å². The summed E-state index contributed by atoms with van der Waals surface area (Å²) in [5.74, 6) is -1.41. The van der Waals surface area contributed by atoms with Crippen molar-refractivity contribution in [2.24, 2.45) is 0 Å². The summed E-state index contributed by atoms with van der Waals surface area (Å²) in [6, 6.07) is 1.72. The first-order valence-corrected chi connectivity index (χ1v) is 9.74. The maximum atomic E-state index is 13.0. The van der Waals surface area contributed by atoms with E-state index in [9.17, 15) is 23.1 Å². The number of amides is 1. The van der Waals surface area contributed by atoms with Gasteiger partial charge in [-0.15, -0.1) is 0 Å². The van der Waals surface area contributed by atoms with E-state index >= 15 is 0 Å². The zero-order valence-electron chi connectivity index (χ0n) is 15.0. The molecule has 0 unspecified atom stereocenters. The topological polar surface area (TPSA) is 126 Å². The normalized spacial score (nSPS) is 15.9. The Morgan fingerprint density at radius 2 is 1.85 bits per heavy atom. The number of carbonyl (C=O) groups is 2. The second kappa shape index (κ2) is 7.16. The van der Waals surface area contributed by atoms with Gasteiger partial charge >= 0.3 is 5.97 Å². The van der Waals surface area contributed by atoms with Crippen molar-refractivity contribution in [3.63, 3.8) is 0 Å². The first kappa shape index (κ1) is 19.1. The number of rotatable bonds is 5. The van der Waals surface area contributed by atoms with Crippen molar-refractivity contribution in [3.05, 3.63) is 35.5 Å². The van der Waals surface area contributed by atoms with Gasteiger partial charge in [0.05, 0.1) is 0 Å². The summed E-state index contributed by atoms with van der Waals surface area (Å²) in [7, 11) is -4.04. The van der Waals surface area contributed by atoms with Crippen LogP contribution in [-0.4, -0.2) is 70.6 Å². The molecule has 0 spiro atoms. The number of furan rings is 1. The number of aryl methyl sites for hydroxylation is 2. The average Bonchev–Trinajstić information content (AvgIpc) is 3.22. The molecular weight excluding hydrogens is 376 g/mol. The number of nitrogens with zero attached hydrogens (tertiary/aromatic N) is 4. The number of carboxylic acids is 1. The van der Waals surface area contributed by atoms with E-state index in [1.165, 1.54) is 22.8 Å². The Hall–Kier alpha value is -2.66. The fourth-order valence-electron chi connectivity index (χ4n) is 3.16. The summed E-state index contributed by atoms with van der Waals surface area (Å²) >= 11 is 0. The van der Waals surface area contributed by atoms with Crippen LogP contribution in [0.15, 0.2) is 27.8 Å². The number of hydrogen-bond acceptors (Lipinski definition) is 6. The summed E-state index contributed by atoms with van der Waals surface area (Å²) in [5.41, 5.74) is -0.343. The third-order valence-corrected chi connectivity index (χ3v) is 6.52. The first-order valence-electron chi connectivity index (χ1n) is 8.30. The van der Waals surface area contributed by atoms with Gasteiger partial charge in [-0.25, -0.2) is 13.2 Å². The highest BCUT2D eigenvalue weighted by Gasteiger charge is 2.37. The molecule has 0 aliphatic carbocycles. The Morgan fingerprint density at radius 3 is 2.41 bits per heavy atom. The zero-order chi connectivity index (χ0) is 19.8. The van der Waals surface area contributed by atoms with Gasteiger partial charge in [-0.1, -0.05) is 0 Å². The van der Waals surface area contributed by atoms with Crippen LogP contribution in [0.1, 0.15) is 21.9 Å². The molecule has 11 heteroatoms. The summed E-state index contributed by atoms with van der Waals surface area (Å²) < 4.78 is 33.9. The molecule has 1 amide bonds. The smallest absolute Gasteiger partial charge is 0.340 e. The van der Waals surface area contributed by atoms with Crippen molar-refractivity contribution in [3.8, 4) is 0 Å². The van der Waals surface area contributed by atoms with Gasteiger partial charge in [0.1, 0.15) is 28.5 Å². The number of sulfonamides is 1. The average molecular weight is 396 g/mol. The number of piperazine rings is 1. The summed E-state index contributed by atoms with van der Waals surface area (Å²) in [6.07, 6.45) is 3.25. The molecule has 1 aliphatic rings. The van der Waals surface area contributed by atoms with Gasteiger partial charge in [0.15, 0.2) is 0 Å².